The number of hydrogen-bond acceptors (Lipinski definition) is 1. The lowest BCUT2D eigenvalue weighted by Crippen LogP contribution is -2.39. The molecule has 0 spiro atoms. The number of carbonyl (C=O) groups is 1. The Morgan fingerprint density at radius 3 is 2.69 bits per heavy atom. The Kier molecular flexibility index (Phi) is 4.06. The third kappa shape index (κ3) is 5.50. The molecule has 0 aromatic heterocycles. The fourth-order valence-corrected chi connectivity index (χ4v) is 1.31. The lowest BCUT2D eigenvalue weighted by Gasteiger charge is -2.09. The fourth-order valence-electron chi connectivity index (χ4n) is 1.31. The van der Waals surface area contributed by atoms with E-state index in [1.165, 1.54) is 19.3 Å². The first-order valence-corrected chi connectivity index (χ1v) is 5.23. The number of amides is 2. The summed E-state index contributed by atoms with van der Waals surface area (Å²) in [5.41, 5.74) is 0. The van der Waals surface area contributed by atoms with Crippen molar-refractivity contribution in [1.29, 1.82) is 0 Å². The second-order valence-electron chi connectivity index (χ2n) is 4.14. The molecule has 3 heteroatoms. The maximum absolute atomic E-state index is 11.1. The molecule has 3 nitrogen and oxygen atoms in total. The average Bonchev–Trinajstić information content (AvgIpc) is 2.80. The summed E-state index contributed by atoms with van der Waals surface area (Å²) in [6.07, 6.45) is 5.20. The summed E-state index contributed by atoms with van der Waals surface area (Å²) in [6, 6.07) is 0.189. The molecular formula is C10H20N2O. The van der Waals surface area contributed by atoms with Crippen LogP contribution in [0.4, 0.5) is 4.79 Å². The average molecular weight is 184 g/mol. The quantitative estimate of drug-likeness (QED) is 0.629. The summed E-state index contributed by atoms with van der Waals surface area (Å²) in [5, 5.41) is 5.64. The van der Waals surface area contributed by atoms with Crippen LogP contribution in [0.25, 0.3) is 0 Å². The van der Waals surface area contributed by atoms with Gasteiger partial charge in [-0.05, 0) is 32.6 Å². The Labute approximate surface area is 80.3 Å². The summed E-state index contributed by atoms with van der Waals surface area (Å²) < 4.78 is 0. The van der Waals surface area contributed by atoms with Gasteiger partial charge >= 0.3 is 6.03 Å². The molecule has 76 valence electrons. The van der Waals surface area contributed by atoms with Crippen molar-refractivity contribution in [2.75, 3.05) is 6.54 Å². The molecule has 0 radical (unpaired) electrons. The zero-order valence-electron chi connectivity index (χ0n) is 8.60. The molecule has 0 atom stereocenters. The zero-order chi connectivity index (χ0) is 9.68. The molecule has 2 amide bonds. The smallest absolute Gasteiger partial charge is 0.314 e. The highest BCUT2D eigenvalue weighted by Gasteiger charge is 2.19. The molecule has 1 aliphatic rings. The molecule has 1 rings (SSSR count). The van der Waals surface area contributed by atoms with Crippen molar-refractivity contribution in [2.24, 2.45) is 5.92 Å². The molecule has 1 fully saturated rings. The molecular weight excluding hydrogens is 164 g/mol. The largest absolute Gasteiger partial charge is 0.338 e. The predicted molar refractivity (Wildman–Crippen MR) is 53.6 cm³/mol. The summed E-state index contributed by atoms with van der Waals surface area (Å²) in [7, 11) is 0. The van der Waals surface area contributed by atoms with Gasteiger partial charge in [-0.15, -0.1) is 0 Å². The normalized spacial score (nSPS) is 15.9. The summed E-state index contributed by atoms with van der Waals surface area (Å²) in [6.45, 7) is 4.74. The predicted octanol–water partition coefficient (Wildman–Crippen LogP) is 1.88. The number of hydrogen-bond donors (Lipinski definition) is 2. The Morgan fingerprint density at radius 1 is 1.46 bits per heavy atom. The second kappa shape index (κ2) is 5.10. The van der Waals surface area contributed by atoms with Gasteiger partial charge in [0.2, 0.25) is 0 Å². The standard InChI is InChI=1S/C10H20N2O/c1-8(2)12-10(13)11-7-3-4-9-5-6-9/h8-9H,3-7H2,1-2H3,(H2,11,12,13). The van der Waals surface area contributed by atoms with E-state index in [4.69, 9.17) is 0 Å². The molecule has 0 aromatic carbocycles. The van der Waals surface area contributed by atoms with Crippen LogP contribution in [-0.2, 0) is 0 Å². The van der Waals surface area contributed by atoms with Crippen LogP contribution < -0.4 is 10.6 Å². The first-order valence-electron chi connectivity index (χ1n) is 5.23. The van der Waals surface area contributed by atoms with Crippen LogP contribution >= 0.6 is 0 Å². The Hall–Kier alpha value is -0.730. The molecule has 0 aromatic rings. The van der Waals surface area contributed by atoms with Gasteiger partial charge in [0.25, 0.3) is 0 Å². The number of carbonyl (C=O) groups excluding carboxylic acids is 1. The lowest BCUT2D eigenvalue weighted by molar-refractivity contribution is 0.238. The highest BCUT2D eigenvalue weighted by atomic mass is 16.2. The lowest BCUT2D eigenvalue weighted by atomic mass is 10.2. The summed E-state index contributed by atoms with van der Waals surface area (Å²) in [5.74, 6) is 0.968. The van der Waals surface area contributed by atoms with Crippen molar-refractivity contribution in [2.45, 2.75) is 45.6 Å². The van der Waals surface area contributed by atoms with Crippen LogP contribution in [0.5, 0.6) is 0 Å². The molecule has 0 bridgehead atoms. The minimum absolute atomic E-state index is 0.0363. The number of urea groups is 1. The molecule has 0 unspecified atom stereocenters. The van der Waals surface area contributed by atoms with Crippen LogP contribution in [0, 0.1) is 5.92 Å². The number of nitrogens with one attached hydrogen (secondary N) is 2. The van der Waals surface area contributed by atoms with Crippen molar-refractivity contribution in [3.63, 3.8) is 0 Å². The summed E-state index contributed by atoms with van der Waals surface area (Å²) in [4.78, 5) is 11.1. The minimum Gasteiger partial charge on any atom is -0.338 e. The number of rotatable bonds is 5. The first kappa shape index (κ1) is 10.4. The minimum atomic E-state index is -0.0363. The van der Waals surface area contributed by atoms with Crippen LogP contribution in [-0.4, -0.2) is 18.6 Å². The van der Waals surface area contributed by atoms with Gasteiger partial charge in [-0.2, -0.15) is 0 Å². The van der Waals surface area contributed by atoms with Gasteiger partial charge in [0.1, 0.15) is 0 Å². The SMILES string of the molecule is CC(C)NC(=O)NCCCC1CC1. The molecule has 2 N–H and O–H groups in total. The molecule has 1 aliphatic carbocycles. The Morgan fingerprint density at radius 2 is 2.15 bits per heavy atom. The van der Waals surface area contributed by atoms with Gasteiger partial charge in [-0.3, -0.25) is 0 Å². The second-order valence-corrected chi connectivity index (χ2v) is 4.14. The highest BCUT2D eigenvalue weighted by molar-refractivity contribution is 5.73. The molecule has 0 heterocycles. The third-order valence-electron chi connectivity index (χ3n) is 2.19. The zero-order valence-corrected chi connectivity index (χ0v) is 8.60. The monoisotopic (exact) mass is 184 g/mol. The van der Waals surface area contributed by atoms with Gasteiger partial charge < -0.3 is 10.6 Å². The topological polar surface area (TPSA) is 41.1 Å². The molecule has 0 saturated heterocycles. The Balaban J connectivity index is 1.88. The molecule has 0 aliphatic heterocycles. The molecule has 13 heavy (non-hydrogen) atoms. The Bertz CT molecular complexity index is 164. The van der Waals surface area contributed by atoms with Crippen molar-refractivity contribution in [1.82, 2.24) is 10.6 Å². The van der Waals surface area contributed by atoms with Crippen molar-refractivity contribution in [3.05, 3.63) is 0 Å². The van der Waals surface area contributed by atoms with Crippen LogP contribution in [0.15, 0.2) is 0 Å². The van der Waals surface area contributed by atoms with E-state index in [2.05, 4.69) is 10.6 Å². The van der Waals surface area contributed by atoms with Gasteiger partial charge in [-0.1, -0.05) is 12.8 Å². The van der Waals surface area contributed by atoms with Crippen LogP contribution in [0.1, 0.15) is 39.5 Å². The van der Waals surface area contributed by atoms with E-state index in [0.717, 1.165) is 18.9 Å². The maximum atomic E-state index is 11.1. The van der Waals surface area contributed by atoms with E-state index >= 15 is 0 Å². The van der Waals surface area contributed by atoms with Gasteiger partial charge in [-0.25, -0.2) is 4.79 Å². The van der Waals surface area contributed by atoms with Gasteiger partial charge in [0, 0.05) is 12.6 Å². The van der Waals surface area contributed by atoms with E-state index in [1.807, 2.05) is 13.8 Å². The van der Waals surface area contributed by atoms with Gasteiger partial charge in [0.15, 0.2) is 0 Å². The van der Waals surface area contributed by atoms with Gasteiger partial charge in [0.05, 0.1) is 0 Å². The molecule has 1 saturated carbocycles. The van der Waals surface area contributed by atoms with E-state index in [-0.39, 0.29) is 12.1 Å². The van der Waals surface area contributed by atoms with E-state index in [1.54, 1.807) is 0 Å². The maximum Gasteiger partial charge on any atom is 0.314 e. The van der Waals surface area contributed by atoms with E-state index in [0.29, 0.717) is 0 Å². The summed E-state index contributed by atoms with van der Waals surface area (Å²) >= 11 is 0. The van der Waals surface area contributed by atoms with Crippen LogP contribution in [0.3, 0.4) is 0 Å². The highest BCUT2D eigenvalue weighted by Crippen LogP contribution is 2.33. The first-order chi connectivity index (χ1) is 6.18. The van der Waals surface area contributed by atoms with Crippen molar-refractivity contribution in [3.8, 4) is 0 Å². The third-order valence-corrected chi connectivity index (χ3v) is 2.19. The van der Waals surface area contributed by atoms with E-state index < -0.39 is 0 Å². The van der Waals surface area contributed by atoms with Crippen molar-refractivity contribution >= 4 is 6.03 Å². The van der Waals surface area contributed by atoms with Crippen LogP contribution in [0.2, 0.25) is 0 Å². The van der Waals surface area contributed by atoms with E-state index in [9.17, 15) is 4.79 Å². The van der Waals surface area contributed by atoms with Crippen molar-refractivity contribution < 1.29 is 4.79 Å². The fraction of sp³-hybridized carbons (Fsp3) is 0.900.